The molecule has 3 aromatic rings. The van der Waals surface area contributed by atoms with Crippen LogP contribution in [0.5, 0.6) is 0 Å². The topological polar surface area (TPSA) is 68.0 Å². The fourth-order valence-corrected chi connectivity index (χ4v) is 2.54. The molecule has 106 valence electrons. The van der Waals surface area contributed by atoms with Crippen LogP contribution >= 0.6 is 0 Å². The van der Waals surface area contributed by atoms with Gasteiger partial charge in [-0.05, 0) is 38.1 Å². The molecule has 0 amide bonds. The summed E-state index contributed by atoms with van der Waals surface area (Å²) < 4.78 is 1.82. The van der Waals surface area contributed by atoms with Gasteiger partial charge >= 0.3 is 5.97 Å². The summed E-state index contributed by atoms with van der Waals surface area (Å²) in [7, 11) is 0. The maximum absolute atomic E-state index is 11.3. The molecule has 0 unspecified atom stereocenters. The number of hydrogen-bond acceptors (Lipinski definition) is 3. The largest absolute Gasteiger partial charge is 0.477 e. The summed E-state index contributed by atoms with van der Waals surface area (Å²) in [5.74, 6) is -0.921. The molecular weight excluding hydrogens is 266 g/mol. The fraction of sp³-hybridized carbons (Fsp3) is 0.188. The van der Waals surface area contributed by atoms with Gasteiger partial charge in [0.05, 0.1) is 11.0 Å². The minimum absolute atomic E-state index is 0.0543. The second kappa shape index (κ2) is 5.01. The van der Waals surface area contributed by atoms with Crippen LogP contribution in [-0.2, 0) is 0 Å². The summed E-state index contributed by atoms with van der Waals surface area (Å²) in [5, 5.41) is 9.30. The van der Waals surface area contributed by atoms with E-state index in [-0.39, 0.29) is 6.04 Å². The van der Waals surface area contributed by atoms with Gasteiger partial charge in [-0.1, -0.05) is 6.07 Å². The van der Waals surface area contributed by atoms with Gasteiger partial charge in [-0.3, -0.25) is 9.97 Å². The van der Waals surface area contributed by atoms with Crippen molar-refractivity contribution in [1.82, 2.24) is 14.5 Å². The van der Waals surface area contributed by atoms with E-state index in [1.165, 1.54) is 0 Å². The third-order valence-corrected chi connectivity index (χ3v) is 3.42. The summed E-state index contributed by atoms with van der Waals surface area (Å²) in [6, 6.07) is 9.30. The Morgan fingerprint density at radius 1 is 1.10 bits per heavy atom. The van der Waals surface area contributed by atoms with Crippen molar-refractivity contribution < 1.29 is 9.90 Å². The number of carboxylic acids is 1. The van der Waals surface area contributed by atoms with E-state index in [1.807, 2.05) is 42.7 Å². The molecule has 2 aromatic heterocycles. The maximum atomic E-state index is 11.3. The van der Waals surface area contributed by atoms with Crippen LogP contribution in [0.1, 0.15) is 30.4 Å². The number of aromatic carboxylic acids is 1. The highest BCUT2D eigenvalue weighted by molar-refractivity contribution is 5.88. The third-order valence-electron chi connectivity index (χ3n) is 3.42. The standard InChI is InChI=1S/C16H15N3O2/c1-10(2)19-14(5-6-15(19)16(20)21)11-3-4-12-13(9-11)18-8-7-17-12/h3-10H,1-2H3,(H,20,21). The SMILES string of the molecule is CC(C)n1c(C(=O)O)ccc1-c1ccc2nccnc2c1. The summed E-state index contributed by atoms with van der Waals surface area (Å²) in [4.78, 5) is 19.9. The van der Waals surface area contributed by atoms with E-state index in [0.29, 0.717) is 5.69 Å². The van der Waals surface area contributed by atoms with E-state index in [1.54, 1.807) is 18.5 Å². The summed E-state index contributed by atoms with van der Waals surface area (Å²) in [6.45, 7) is 3.94. The number of fused-ring (bicyclic) bond motifs is 1. The molecule has 5 nitrogen and oxygen atoms in total. The molecule has 0 spiro atoms. The van der Waals surface area contributed by atoms with Gasteiger partial charge in [0.15, 0.2) is 0 Å². The van der Waals surface area contributed by atoms with E-state index in [0.717, 1.165) is 22.3 Å². The van der Waals surface area contributed by atoms with Crippen molar-refractivity contribution in [2.45, 2.75) is 19.9 Å². The first kappa shape index (κ1) is 13.3. The van der Waals surface area contributed by atoms with E-state index in [4.69, 9.17) is 0 Å². The molecule has 0 fully saturated rings. The molecule has 21 heavy (non-hydrogen) atoms. The summed E-state index contributed by atoms with van der Waals surface area (Å²) in [5.41, 5.74) is 3.71. The van der Waals surface area contributed by atoms with Gasteiger partial charge in [-0.15, -0.1) is 0 Å². The molecular formula is C16H15N3O2. The van der Waals surface area contributed by atoms with Crippen LogP contribution in [0.3, 0.4) is 0 Å². The third kappa shape index (κ3) is 2.27. The minimum atomic E-state index is -0.921. The highest BCUT2D eigenvalue weighted by atomic mass is 16.4. The second-order valence-corrected chi connectivity index (χ2v) is 5.13. The monoisotopic (exact) mass is 281 g/mol. The summed E-state index contributed by atoms with van der Waals surface area (Å²) >= 11 is 0. The Kier molecular flexibility index (Phi) is 3.17. The molecule has 0 aliphatic carbocycles. The summed E-state index contributed by atoms with van der Waals surface area (Å²) in [6.07, 6.45) is 3.30. The van der Waals surface area contributed by atoms with Crippen molar-refractivity contribution in [3.05, 3.63) is 48.4 Å². The molecule has 0 aliphatic rings. The lowest BCUT2D eigenvalue weighted by molar-refractivity contribution is 0.0683. The van der Waals surface area contributed by atoms with Crippen LogP contribution in [0.25, 0.3) is 22.3 Å². The van der Waals surface area contributed by atoms with Crippen molar-refractivity contribution in [2.24, 2.45) is 0 Å². The number of nitrogens with zero attached hydrogens (tertiary/aromatic N) is 3. The number of rotatable bonds is 3. The van der Waals surface area contributed by atoms with Crippen LogP contribution in [-0.4, -0.2) is 25.6 Å². The lowest BCUT2D eigenvalue weighted by Gasteiger charge is -2.15. The average molecular weight is 281 g/mol. The predicted molar refractivity (Wildman–Crippen MR) is 80.3 cm³/mol. The molecule has 0 saturated carbocycles. The van der Waals surface area contributed by atoms with Crippen LogP contribution in [0.2, 0.25) is 0 Å². The molecule has 0 bridgehead atoms. The highest BCUT2D eigenvalue weighted by Gasteiger charge is 2.17. The van der Waals surface area contributed by atoms with Gasteiger partial charge in [0, 0.05) is 29.7 Å². The minimum Gasteiger partial charge on any atom is -0.477 e. The van der Waals surface area contributed by atoms with Gasteiger partial charge in [0.2, 0.25) is 0 Å². The van der Waals surface area contributed by atoms with E-state index in [2.05, 4.69) is 9.97 Å². The molecule has 2 heterocycles. The second-order valence-electron chi connectivity index (χ2n) is 5.13. The van der Waals surface area contributed by atoms with Crippen molar-refractivity contribution >= 4 is 17.0 Å². The molecule has 1 aromatic carbocycles. The molecule has 0 aliphatic heterocycles. The Balaban J connectivity index is 2.20. The molecule has 1 N–H and O–H groups in total. The Morgan fingerprint density at radius 3 is 2.48 bits per heavy atom. The van der Waals surface area contributed by atoms with Crippen molar-refractivity contribution in [1.29, 1.82) is 0 Å². The molecule has 5 heteroatoms. The van der Waals surface area contributed by atoms with Gasteiger partial charge in [-0.25, -0.2) is 4.79 Å². The van der Waals surface area contributed by atoms with E-state index < -0.39 is 5.97 Å². The Hall–Kier alpha value is -2.69. The Labute approximate surface area is 121 Å². The van der Waals surface area contributed by atoms with Crippen LogP contribution < -0.4 is 0 Å². The van der Waals surface area contributed by atoms with Crippen molar-refractivity contribution in [3.63, 3.8) is 0 Å². The average Bonchev–Trinajstić information content (AvgIpc) is 2.92. The first-order valence-electron chi connectivity index (χ1n) is 6.73. The van der Waals surface area contributed by atoms with Gasteiger partial charge in [0.25, 0.3) is 0 Å². The first-order chi connectivity index (χ1) is 10.1. The molecule has 0 saturated heterocycles. The quantitative estimate of drug-likeness (QED) is 0.799. The van der Waals surface area contributed by atoms with Gasteiger partial charge in [0.1, 0.15) is 5.69 Å². The normalized spacial score (nSPS) is 11.2. The van der Waals surface area contributed by atoms with Gasteiger partial charge < -0.3 is 9.67 Å². The molecule has 0 atom stereocenters. The van der Waals surface area contributed by atoms with E-state index >= 15 is 0 Å². The first-order valence-corrected chi connectivity index (χ1v) is 6.73. The molecule has 3 rings (SSSR count). The highest BCUT2D eigenvalue weighted by Crippen LogP contribution is 2.28. The number of hydrogen-bond donors (Lipinski definition) is 1. The predicted octanol–water partition coefficient (Wildman–Crippen LogP) is 3.38. The Bertz CT molecular complexity index is 821. The fourth-order valence-electron chi connectivity index (χ4n) is 2.54. The van der Waals surface area contributed by atoms with E-state index in [9.17, 15) is 9.90 Å². The lowest BCUT2D eigenvalue weighted by Crippen LogP contribution is -2.11. The number of aromatic nitrogens is 3. The van der Waals surface area contributed by atoms with Crippen molar-refractivity contribution in [2.75, 3.05) is 0 Å². The van der Waals surface area contributed by atoms with Gasteiger partial charge in [-0.2, -0.15) is 0 Å². The zero-order chi connectivity index (χ0) is 15.0. The van der Waals surface area contributed by atoms with Crippen LogP contribution in [0.4, 0.5) is 0 Å². The molecule has 0 radical (unpaired) electrons. The lowest BCUT2D eigenvalue weighted by atomic mass is 10.1. The maximum Gasteiger partial charge on any atom is 0.352 e. The zero-order valence-corrected chi connectivity index (χ0v) is 11.8. The Morgan fingerprint density at radius 2 is 1.81 bits per heavy atom. The smallest absolute Gasteiger partial charge is 0.352 e. The number of carboxylic acid groups (broad SMARTS) is 1. The van der Waals surface area contributed by atoms with Crippen LogP contribution in [0.15, 0.2) is 42.7 Å². The van der Waals surface area contributed by atoms with Crippen molar-refractivity contribution in [3.8, 4) is 11.3 Å². The number of carbonyl (C=O) groups is 1. The van der Waals surface area contributed by atoms with Crippen LogP contribution in [0, 0.1) is 0 Å². The number of benzene rings is 1. The zero-order valence-electron chi connectivity index (χ0n) is 11.8.